The van der Waals surface area contributed by atoms with Crippen molar-refractivity contribution in [3.63, 3.8) is 0 Å². The maximum absolute atomic E-state index is 11.7. The van der Waals surface area contributed by atoms with E-state index in [1.54, 1.807) is 0 Å². The maximum Gasteiger partial charge on any atom is 0.132 e. The van der Waals surface area contributed by atoms with Crippen LogP contribution in [0.5, 0.6) is 0 Å². The van der Waals surface area contributed by atoms with Crippen LogP contribution in [0.2, 0.25) is 0 Å². The molecule has 2 aliphatic rings. The van der Waals surface area contributed by atoms with Crippen LogP contribution in [-0.4, -0.2) is 5.78 Å². The van der Waals surface area contributed by atoms with Gasteiger partial charge in [0.15, 0.2) is 0 Å². The van der Waals surface area contributed by atoms with E-state index in [0.717, 1.165) is 25.7 Å². The zero-order valence-electron chi connectivity index (χ0n) is 18.0. The van der Waals surface area contributed by atoms with Crippen LogP contribution in [-0.2, 0) is 4.79 Å². The Labute approximate surface area is 181 Å². The van der Waals surface area contributed by atoms with E-state index in [0.29, 0.717) is 23.0 Å². The Hall–Kier alpha value is -2.67. The average Bonchev–Trinajstić information content (AvgIpc) is 3.18. The van der Waals surface area contributed by atoms with Crippen LogP contribution in [0.3, 0.4) is 0 Å². The van der Waals surface area contributed by atoms with Crippen molar-refractivity contribution in [2.45, 2.75) is 57.3 Å². The second-order valence-electron chi connectivity index (χ2n) is 9.14. The highest BCUT2D eigenvalue weighted by Crippen LogP contribution is 2.59. The van der Waals surface area contributed by atoms with E-state index in [1.807, 2.05) is 18.2 Å². The second kappa shape index (κ2) is 9.43. The largest absolute Gasteiger partial charge is 0.300 e. The van der Waals surface area contributed by atoms with Gasteiger partial charge in [0.05, 0.1) is 0 Å². The van der Waals surface area contributed by atoms with Gasteiger partial charge < -0.3 is 0 Å². The Morgan fingerprint density at radius 2 is 1.03 bits per heavy atom. The third kappa shape index (κ3) is 4.90. The Balaban J connectivity index is 0.000000265. The molecule has 3 aromatic rings. The number of hydrogen-bond acceptors (Lipinski definition) is 1. The fourth-order valence-corrected chi connectivity index (χ4v) is 5.40. The van der Waals surface area contributed by atoms with Crippen molar-refractivity contribution in [3.8, 4) is 0 Å². The molecule has 1 spiro atoms. The van der Waals surface area contributed by atoms with Gasteiger partial charge in [0.25, 0.3) is 0 Å². The summed E-state index contributed by atoms with van der Waals surface area (Å²) < 4.78 is 0. The molecule has 3 aromatic carbocycles. The average molecular weight is 397 g/mol. The summed E-state index contributed by atoms with van der Waals surface area (Å²) in [5.41, 5.74) is 4.64. The fourth-order valence-electron chi connectivity index (χ4n) is 5.40. The number of benzene rings is 3. The monoisotopic (exact) mass is 396 g/mol. The predicted octanol–water partition coefficient (Wildman–Crippen LogP) is 7.47. The molecule has 2 fully saturated rings. The minimum atomic E-state index is 0.384. The third-order valence-corrected chi connectivity index (χ3v) is 7.06. The fraction of sp³-hybridized carbons (Fsp3) is 0.345. The van der Waals surface area contributed by atoms with Gasteiger partial charge in [-0.3, -0.25) is 4.79 Å². The van der Waals surface area contributed by atoms with Crippen molar-refractivity contribution in [1.82, 2.24) is 0 Å². The first-order valence-electron chi connectivity index (χ1n) is 11.3. The molecular formula is C29H32O. The molecule has 0 amide bonds. The van der Waals surface area contributed by atoms with Gasteiger partial charge in [-0.1, -0.05) is 96.6 Å². The summed E-state index contributed by atoms with van der Waals surface area (Å²) in [5, 5.41) is 0. The van der Waals surface area contributed by atoms with Gasteiger partial charge in [-0.25, -0.2) is 0 Å². The minimum Gasteiger partial charge on any atom is -0.300 e. The van der Waals surface area contributed by atoms with Crippen LogP contribution in [0, 0.1) is 12.3 Å². The van der Waals surface area contributed by atoms with Crippen molar-refractivity contribution in [1.29, 1.82) is 0 Å². The molecule has 2 unspecified atom stereocenters. The summed E-state index contributed by atoms with van der Waals surface area (Å²) in [6.45, 7) is 2.08. The SMILES string of the molecule is Cc1ccccc1.O=C1CCC2(CC1)CC(c1ccccc1)C(c1ccccc1)C2. The van der Waals surface area contributed by atoms with E-state index < -0.39 is 0 Å². The number of aryl methyl sites for hydroxylation is 1. The van der Waals surface area contributed by atoms with Crippen LogP contribution < -0.4 is 0 Å². The molecule has 1 nitrogen and oxygen atoms in total. The molecule has 2 aliphatic carbocycles. The summed E-state index contributed by atoms with van der Waals surface area (Å²) >= 11 is 0. The van der Waals surface area contributed by atoms with Gasteiger partial charge in [-0.15, -0.1) is 0 Å². The van der Waals surface area contributed by atoms with Crippen molar-refractivity contribution in [3.05, 3.63) is 108 Å². The van der Waals surface area contributed by atoms with Crippen molar-refractivity contribution < 1.29 is 4.79 Å². The Kier molecular flexibility index (Phi) is 6.47. The molecule has 154 valence electrons. The van der Waals surface area contributed by atoms with Crippen LogP contribution in [0.25, 0.3) is 0 Å². The van der Waals surface area contributed by atoms with Crippen molar-refractivity contribution in [2.75, 3.05) is 0 Å². The maximum atomic E-state index is 11.7. The second-order valence-corrected chi connectivity index (χ2v) is 9.14. The molecule has 0 aromatic heterocycles. The van der Waals surface area contributed by atoms with Crippen LogP contribution >= 0.6 is 0 Å². The van der Waals surface area contributed by atoms with Crippen LogP contribution in [0.4, 0.5) is 0 Å². The lowest BCUT2D eigenvalue weighted by atomic mass is 9.71. The Morgan fingerprint density at radius 1 is 0.633 bits per heavy atom. The van der Waals surface area contributed by atoms with Crippen molar-refractivity contribution >= 4 is 5.78 Å². The highest BCUT2D eigenvalue weighted by Gasteiger charge is 2.47. The number of carbonyl (C=O) groups is 1. The molecular weight excluding hydrogens is 364 g/mol. The summed E-state index contributed by atoms with van der Waals surface area (Å²) in [6.07, 6.45) is 6.26. The molecule has 2 atom stereocenters. The normalized spacial score (nSPS) is 22.4. The Morgan fingerprint density at radius 3 is 1.40 bits per heavy atom. The lowest BCUT2D eigenvalue weighted by Crippen LogP contribution is -2.25. The number of hydrogen-bond donors (Lipinski definition) is 0. The molecule has 1 heteroatoms. The van der Waals surface area contributed by atoms with Gasteiger partial charge >= 0.3 is 0 Å². The number of carbonyl (C=O) groups excluding carboxylic acids is 1. The summed E-state index contributed by atoms with van der Waals surface area (Å²) in [6, 6.07) is 32.2. The number of ketones is 1. The highest BCUT2D eigenvalue weighted by molar-refractivity contribution is 5.79. The van der Waals surface area contributed by atoms with E-state index in [4.69, 9.17) is 0 Å². The van der Waals surface area contributed by atoms with Crippen LogP contribution in [0.1, 0.15) is 67.1 Å². The van der Waals surface area contributed by atoms with Gasteiger partial charge in [0.2, 0.25) is 0 Å². The first kappa shape index (κ1) is 20.6. The molecule has 0 N–H and O–H groups in total. The predicted molar refractivity (Wildman–Crippen MR) is 125 cm³/mol. The molecule has 30 heavy (non-hydrogen) atoms. The molecule has 0 saturated heterocycles. The topological polar surface area (TPSA) is 17.1 Å². The molecule has 2 saturated carbocycles. The zero-order valence-corrected chi connectivity index (χ0v) is 18.0. The quantitative estimate of drug-likeness (QED) is 0.439. The van der Waals surface area contributed by atoms with E-state index in [-0.39, 0.29) is 0 Å². The van der Waals surface area contributed by atoms with Gasteiger partial charge in [0, 0.05) is 12.8 Å². The highest BCUT2D eigenvalue weighted by atomic mass is 16.1. The molecule has 0 aliphatic heterocycles. The summed E-state index contributed by atoms with van der Waals surface area (Å²) in [5.74, 6) is 1.65. The van der Waals surface area contributed by atoms with E-state index in [9.17, 15) is 4.79 Å². The van der Waals surface area contributed by atoms with Gasteiger partial charge in [-0.05, 0) is 61.0 Å². The smallest absolute Gasteiger partial charge is 0.132 e. The molecule has 0 heterocycles. The minimum absolute atomic E-state index is 0.384. The van der Waals surface area contributed by atoms with Crippen molar-refractivity contribution in [2.24, 2.45) is 5.41 Å². The Bertz CT molecular complexity index is 870. The number of Topliss-reactive ketones (excluding diaryl/α,β-unsaturated/α-hetero) is 1. The number of rotatable bonds is 2. The molecule has 0 radical (unpaired) electrons. The first-order valence-corrected chi connectivity index (χ1v) is 11.3. The van der Waals surface area contributed by atoms with Gasteiger partial charge in [0.1, 0.15) is 5.78 Å². The van der Waals surface area contributed by atoms with Crippen LogP contribution in [0.15, 0.2) is 91.0 Å². The molecule has 5 rings (SSSR count). The lowest BCUT2D eigenvalue weighted by molar-refractivity contribution is -0.122. The van der Waals surface area contributed by atoms with E-state index in [1.165, 1.54) is 29.5 Å². The standard InChI is InChI=1S/C22H24O.C7H8/c23-19-11-13-22(14-12-19)15-20(17-7-3-1-4-8-17)21(16-22)18-9-5-2-6-10-18;1-7-5-3-2-4-6-7/h1-10,20-21H,11-16H2;2-6H,1H3. The molecule has 0 bridgehead atoms. The first-order chi connectivity index (χ1) is 14.7. The zero-order chi connectivity index (χ0) is 20.8. The van der Waals surface area contributed by atoms with Gasteiger partial charge in [-0.2, -0.15) is 0 Å². The summed E-state index contributed by atoms with van der Waals surface area (Å²) in [7, 11) is 0. The van der Waals surface area contributed by atoms with E-state index >= 15 is 0 Å². The summed E-state index contributed by atoms with van der Waals surface area (Å²) in [4.78, 5) is 11.7. The van der Waals surface area contributed by atoms with E-state index in [2.05, 4.69) is 79.7 Å². The third-order valence-electron chi connectivity index (χ3n) is 7.06. The lowest BCUT2D eigenvalue weighted by Gasteiger charge is -2.33.